The molecular formula is C64H75ClF3N11O14S6. The van der Waals surface area contributed by atoms with Crippen LogP contribution in [-0.4, -0.2) is 72.4 Å². The molecule has 10 aromatic rings. The van der Waals surface area contributed by atoms with E-state index in [1.54, 1.807) is 61.7 Å². The normalized spacial score (nSPS) is 11.8. The first-order chi connectivity index (χ1) is 46.0. The average Bonchev–Trinajstić information content (AvgIpc) is 1.54. The van der Waals surface area contributed by atoms with Gasteiger partial charge in [-0.25, -0.2) is 64.2 Å². The Hall–Kier alpha value is -9.33. The van der Waals surface area contributed by atoms with Crippen LogP contribution in [0.25, 0.3) is 21.1 Å². The number of aryl methyl sites for hydroxylation is 2. The van der Waals surface area contributed by atoms with Crippen molar-refractivity contribution in [2.75, 3.05) is 21.3 Å². The van der Waals surface area contributed by atoms with Gasteiger partial charge in [0, 0.05) is 75.6 Å². The largest absolute Gasteiger partial charge is 0.465 e. The van der Waals surface area contributed by atoms with Crippen molar-refractivity contribution >= 4 is 121 Å². The topological polar surface area (TPSA) is 422 Å². The van der Waals surface area contributed by atoms with E-state index in [2.05, 4.69) is 36.4 Å². The second-order valence-corrected chi connectivity index (χ2v) is 31.5. The van der Waals surface area contributed by atoms with Gasteiger partial charge in [0.2, 0.25) is 40.1 Å². The number of primary sulfonamides is 4. The van der Waals surface area contributed by atoms with Crippen molar-refractivity contribution in [1.29, 1.82) is 0 Å². The SMILES string of the molecule is CC(C)Cc1cc(C(=O)Nc2cccc(S(N)(=O)=O)c2)no1.Cc1oc(C(C)(C)C)cc1C(=O)Nc1cccc(S(N)(=O)=O)c1.Cc1sc(-c2ccc(C(F)(F)F)cc2)nc1C(=O)Nc1cccc(S(N)(=O)=O)c1.NS(=O)(=O)c1cccc(NC(=O)c2csc(-c3ccc(Cl)cc3)n2)c1.[HH].[HH].[HH].[HH].[HH].[HH]. The van der Waals surface area contributed by atoms with Crippen molar-refractivity contribution in [2.24, 2.45) is 26.5 Å². The number of sulfonamides is 4. The van der Waals surface area contributed by atoms with E-state index in [1.165, 1.54) is 102 Å². The number of halogens is 4. The van der Waals surface area contributed by atoms with Gasteiger partial charge in [-0.2, -0.15) is 13.2 Å². The van der Waals surface area contributed by atoms with Crippen molar-refractivity contribution in [3.05, 3.63) is 218 Å². The molecule has 0 aliphatic carbocycles. The van der Waals surface area contributed by atoms with E-state index < -0.39 is 69.6 Å². The fourth-order valence-corrected chi connectivity index (χ4v) is 12.5. The number of amides is 4. The Kier molecular flexibility index (Phi) is 24.6. The van der Waals surface area contributed by atoms with Crippen molar-refractivity contribution in [2.45, 2.75) is 86.1 Å². The van der Waals surface area contributed by atoms with Gasteiger partial charge in [0.25, 0.3) is 23.6 Å². The number of alkyl halides is 3. The summed E-state index contributed by atoms with van der Waals surface area (Å²) in [4.78, 5) is 58.0. The molecule has 99 heavy (non-hydrogen) atoms. The average molecular weight is 1510 g/mol. The Labute approximate surface area is 589 Å². The number of furan rings is 1. The summed E-state index contributed by atoms with van der Waals surface area (Å²) in [5, 5.41) is 37.7. The van der Waals surface area contributed by atoms with Gasteiger partial charge in [-0.05, 0) is 123 Å². The minimum absolute atomic E-state index is 0. The van der Waals surface area contributed by atoms with Crippen molar-refractivity contribution in [1.82, 2.24) is 15.1 Å². The molecule has 0 saturated heterocycles. The van der Waals surface area contributed by atoms with Crippen molar-refractivity contribution in [3.8, 4) is 21.1 Å². The predicted octanol–water partition coefficient (Wildman–Crippen LogP) is 13.4. The van der Waals surface area contributed by atoms with Crippen LogP contribution in [0.2, 0.25) is 5.02 Å². The van der Waals surface area contributed by atoms with Crippen molar-refractivity contribution < 1.29 is 83.5 Å². The molecule has 0 unspecified atom stereocenters. The first kappa shape index (κ1) is 77.0. The van der Waals surface area contributed by atoms with Crippen LogP contribution in [0, 0.1) is 19.8 Å². The van der Waals surface area contributed by atoms with E-state index in [4.69, 9.17) is 41.1 Å². The number of hydrogen-bond donors (Lipinski definition) is 8. The molecule has 12 N–H and O–H groups in total. The lowest BCUT2D eigenvalue weighted by molar-refractivity contribution is -0.137. The van der Waals surface area contributed by atoms with Gasteiger partial charge in [-0.3, -0.25) is 19.2 Å². The molecule has 0 spiro atoms. The maximum atomic E-state index is 12.7. The van der Waals surface area contributed by atoms with E-state index in [1.807, 2.05) is 46.8 Å². The van der Waals surface area contributed by atoms with Crippen LogP contribution >= 0.6 is 34.3 Å². The summed E-state index contributed by atoms with van der Waals surface area (Å²) in [6, 6.07) is 37.5. The van der Waals surface area contributed by atoms with Crippen LogP contribution < -0.4 is 41.8 Å². The van der Waals surface area contributed by atoms with Crippen LogP contribution in [0.1, 0.15) is 113 Å². The molecule has 35 heteroatoms. The minimum Gasteiger partial charge on any atom is -0.465 e. The molecule has 0 fully saturated rings. The molecule has 10 rings (SSSR count). The molecule has 0 aliphatic rings. The molecule has 0 bridgehead atoms. The molecule has 0 radical (unpaired) electrons. The number of carbonyl (C=O) groups is 4. The summed E-state index contributed by atoms with van der Waals surface area (Å²) in [7, 11) is -15.4. The molecule has 534 valence electrons. The number of rotatable bonds is 16. The zero-order chi connectivity index (χ0) is 73.2. The van der Waals surface area contributed by atoms with Crippen LogP contribution in [0.5, 0.6) is 0 Å². The number of thiazole rings is 2. The quantitative estimate of drug-likeness (QED) is 0.0445. The number of hydrogen-bond acceptors (Lipinski definition) is 19. The third-order valence-corrected chi connectivity index (χ3v) is 19.1. The lowest BCUT2D eigenvalue weighted by Gasteiger charge is -2.13. The Balaban J connectivity index is 0.000000690. The van der Waals surface area contributed by atoms with Gasteiger partial charge in [-0.15, -0.1) is 22.7 Å². The number of nitrogens with two attached hydrogens (primary N) is 4. The first-order valence-corrected chi connectivity index (χ1v) is 37.0. The smallest absolute Gasteiger partial charge is 0.416 e. The van der Waals surface area contributed by atoms with E-state index in [0.717, 1.165) is 29.0 Å². The molecule has 6 aromatic carbocycles. The molecular weight excluding hydrogens is 1430 g/mol. The number of nitrogens with one attached hydrogen (secondary N) is 4. The van der Waals surface area contributed by atoms with Crippen LogP contribution in [-0.2, 0) is 58.1 Å². The van der Waals surface area contributed by atoms with Crippen LogP contribution in [0.4, 0.5) is 35.9 Å². The van der Waals surface area contributed by atoms with E-state index in [-0.39, 0.29) is 62.2 Å². The fourth-order valence-electron chi connectivity index (χ4n) is 8.41. The molecule has 4 aromatic heterocycles. The molecule has 0 saturated carbocycles. The van der Waals surface area contributed by atoms with Gasteiger partial charge in [0.05, 0.1) is 30.7 Å². The number of nitrogens with zero attached hydrogens (tertiary/aromatic N) is 3. The predicted molar refractivity (Wildman–Crippen MR) is 383 cm³/mol. The summed E-state index contributed by atoms with van der Waals surface area (Å²) >= 11 is 8.34. The monoisotopic (exact) mass is 1510 g/mol. The first-order valence-electron chi connectivity index (χ1n) is 28.7. The standard InChI is InChI=1S/C18H14F3N3O3S2.C16H12ClN3O3S2.C16H20N2O4S.C14H17N3O4S.6H2/c1-10-15(16(25)23-13-3-2-4-14(9-13)29(22,26)27)24-17(28-10)11-5-7-12(8-6-11)18(19,20)21;17-11-6-4-10(5-7-11)16-20-14(9-24-16)15(21)19-12-2-1-3-13(8-12)25(18,22)23;1-10-13(9-14(22-10)16(2,3)4)15(19)18-11-6-5-7-12(8-11)23(17,20)21;1-9(2)6-11-8-13(17-21-11)14(18)16-10-4-3-5-12(7-10)22(15,19)20;;;;;;/h2-9H,1H3,(H,23,25)(H2,22,26,27);1-9H,(H,19,21)(H2,18,22,23);5-9H,1-4H3,(H,18,19)(H2,17,20,21);3-5,7-9H,6H2,1-2H3,(H,16,18)(H2,15,19,20);6*1H. The molecule has 4 heterocycles. The minimum atomic E-state index is -4.44. The second kappa shape index (κ2) is 31.7. The zero-order valence-electron chi connectivity index (χ0n) is 53.2. The lowest BCUT2D eigenvalue weighted by atomic mass is 9.93. The molecule has 4 amide bonds. The van der Waals surface area contributed by atoms with Gasteiger partial charge in [-0.1, -0.05) is 99.9 Å². The number of aromatic nitrogens is 3. The summed E-state index contributed by atoms with van der Waals surface area (Å²) in [6.07, 6.45) is -3.75. The van der Waals surface area contributed by atoms with E-state index >= 15 is 0 Å². The molecule has 25 nitrogen and oxygen atoms in total. The maximum absolute atomic E-state index is 12.7. The highest BCUT2D eigenvalue weighted by molar-refractivity contribution is 7.90. The summed E-state index contributed by atoms with van der Waals surface area (Å²) in [5.41, 5.74) is 2.37. The van der Waals surface area contributed by atoms with Crippen LogP contribution in [0.3, 0.4) is 0 Å². The maximum Gasteiger partial charge on any atom is 0.416 e. The highest BCUT2D eigenvalue weighted by Gasteiger charge is 2.31. The van der Waals surface area contributed by atoms with E-state index in [9.17, 15) is 66.0 Å². The van der Waals surface area contributed by atoms with Gasteiger partial charge in [0.1, 0.15) is 38.7 Å². The van der Waals surface area contributed by atoms with Gasteiger partial charge < -0.3 is 30.2 Å². The molecule has 0 atom stereocenters. The summed E-state index contributed by atoms with van der Waals surface area (Å²) in [5.74, 6) is 0.354. The van der Waals surface area contributed by atoms with Gasteiger partial charge >= 0.3 is 6.18 Å². The van der Waals surface area contributed by atoms with E-state index in [0.29, 0.717) is 77.7 Å². The van der Waals surface area contributed by atoms with Crippen LogP contribution in [0.15, 0.2) is 192 Å². The third-order valence-electron chi connectivity index (χ3n) is 13.3. The third kappa shape index (κ3) is 22.3. The zero-order valence-corrected chi connectivity index (χ0v) is 58.9. The fraction of sp³-hybridized carbons (Fsp3) is 0.172. The number of benzene rings is 6. The Morgan fingerprint density at radius 1 is 0.556 bits per heavy atom. The highest BCUT2D eigenvalue weighted by Crippen LogP contribution is 2.34. The Morgan fingerprint density at radius 2 is 0.970 bits per heavy atom. The van der Waals surface area contributed by atoms with Gasteiger partial charge in [0.15, 0.2) is 5.69 Å². The number of anilines is 4. The molecule has 0 aliphatic heterocycles. The number of carbonyl (C=O) groups excluding carboxylic acids is 4. The second-order valence-electron chi connectivity index (χ2n) is 22.8. The van der Waals surface area contributed by atoms with Crippen molar-refractivity contribution in [3.63, 3.8) is 0 Å². The summed E-state index contributed by atoms with van der Waals surface area (Å²) < 4.78 is 140. The highest BCUT2D eigenvalue weighted by atomic mass is 35.5. The Bertz CT molecular complexity index is 5130. The lowest BCUT2D eigenvalue weighted by Crippen LogP contribution is -2.15. The summed E-state index contributed by atoms with van der Waals surface area (Å²) in [6.45, 7) is 13.4. The Morgan fingerprint density at radius 3 is 1.38 bits per heavy atom.